The SMILES string of the molecule is CC(=O)Nc1ccc(OCC(O)C[N+](C)(C)C)c(NC(C)=O)c1.O.[I-]. The predicted molar refractivity (Wildman–Crippen MR) is 93.1 cm³/mol. The quantitative estimate of drug-likeness (QED) is 0.296. The number of nitrogens with one attached hydrogen (secondary N) is 2. The summed E-state index contributed by atoms with van der Waals surface area (Å²) in [6.07, 6.45) is -0.629. The molecule has 0 aromatic heterocycles. The zero-order chi connectivity index (χ0) is 17.6. The van der Waals surface area contributed by atoms with E-state index in [2.05, 4.69) is 10.6 Å². The number of carbonyl (C=O) groups is 2. The minimum atomic E-state index is -0.629. The van der Waals surface area contributed by atoms with E-state index in [-0.39, 0.29) is 47.9 Å². The van der Waals surface area contributed by atoms with Crippen molar-refractivity contribution in [2.45, 2.75) is 20.0 Å². The van der Waals surface area contributed by atoms with Crippen LogP contribution >= 0.6 is 0 Å². The zero-order valence-electron chi connectivity index (χ0n) is 15.2. The molecular weight excluding hydrogens is 441 g/mol. The number of carbonyl (C=O) groups excluding carboxylic acids is 2. The van der Waals surface area contributed by atoms with Gasteiger partial charge in [0.15, 0.2) is 0 Å². The van der Waals surface area contributed by atoms with Crippen molar-refractivity contribution in [2.24, 2.45) is 0 Å². The number of hydrogen-bond acceptors (Lipinski definition) is 4. The molecule has 8 nitrogen and oxygen atoms in total. The minimum Gasteiger partial charge on any atom is -1.00 e. The second kappa shape index (κ2) is 11.2. The number of ether oxygens (including phenoxy) is 1. The van der Waals surface area contributed by atoms with Gasteiger partial charge in [0.2, 0.25) is 11.8 Å². The van der Waals surface area contributed by atoms with E-state index in [1.165, 1.54) is 13.8 Å². The number of rotatable bonds is 7. The van der Waals surface area contributed by atoms with Crippen molar-refractivity contribution >= 4 is 23.2 Å². The molecule has 0 aliphatic rings. The van der Waals surface area contributed by atoms with Crippen LogP contribution in [0.2, 0.25) is 0 Å². The topological polar surface area (TPSA) is 119 Å². The summed E-state index contributed by atoms with van der Waals surface area (Å²) in [5, 5.41) is 15.3. The third kappa shape index (κ3) is 10.9. The first-order valence-corrected chi connectivity index (χ1v) is 7.37. The average Bonchev–Trinajstić information content (AvgIpc) is 2.34. The number of hydrogen-bond donors (Lipinski definition) is 3. The number of benzene rings is 1. The van der Waals surface area contributed by atoms with Gasteiger partial charge in [-0.2, -0.15) is 0 Å². The maximum absolute atomic E-state index is 11.3. The molecule has 0 bridgehead atoms. The molecule has 1 rings (SSSR count). The molecule has 0 saturated heterocycles. The van der Waals surface area contributed by atoms with E-state index in [4.69, 9.17) is 4.74 Å². The van der Waals surface area contributed by atoms with Gasteiger partial charge in [0.05, 0.1) is 26.8 Å². The maximum atomic E-state index is 11.3. The Kier molecular flexibility index (Phi) is 11.6. The molecule has 144 valence electrons. The summed E-state index contributed by atoms with van der Waals surface area (Å²) >= 11 is 0. The van der Waals surface area contributed by atoms with Crippen molar-refractivity contribution in [3.63, 3.8) is 0 Å². The highest BCUT2D eigenvalue weighted by Crippen LogP contribution is 2.28. The van der Waals surface area contributed by atoms with Crippen molar-refractivity contribution < 1.29 is 53.4 Å². The minimum absolute atomic E-state index is 0. The number of nitrogens with zero attached hydrogens (tertiary/aromatic N) is 1. The molecule has 1 atom stereocenters. The maximum Gasteiger partial charge on any atom is 0.221 e. The Bertz CT molecular complexity index is 575. The molecule has 2 amide bonds. The van der Waals surface area contributed by atoms with Gasteiger partial charge in [0, 0.05) is 19.5 Å². The highest BCUT2D eigenvalue weighted by molar-refractivity contribution is 5.93. The number of likely N-dealkylation sites (N-methyl/N-ethyl adjacent to an activating group) is 1. The summed E-state index contributed by atoms with van der Waals surface area (Å²) < 4.78 is 6.23. The normalized spacial score (nSPS) is 11.4. The number of amides is 2. The van der Waals surface area contributed by atoms with Crippen LogP contribution in [0.25, 0.3) is 0 Å². The molecule has 1 unspecified atom stereocenters. The third-order valence-corrected chi connectivity index (χ3v) is 2.80. The Morgan fingerprint density at radius 3 is 2.20 bits per heavy atom. The Balaban J connectivity index is 0. The lowest BCUT2D eigenvalue weighted by molar-refractivity contribution is -0.873. The molecule has 0 saturated carbocycles. The third-order valence-electron chi connectivity index (χ3n) is 2.80. The molecule has 0 aliphatic carbocycles. The number of aliphatic hydroxyl groups excluding tert-OH is 1. The van der Waals surface area contributed by atoms with Crippen LogP contribution in [0.15, 0.2) is 18.2 Å². The first kappa shape index (κ1) is 25.8. The van der Waals surface area contributed by atoms with Gasteiger partial charge in [-0.15, -0.1) is 0 Å². The van der Waals surface area contributed by atoms with Crippen molar-refractivity contribution in [1.29, 1.82) is 0 Å². The van der Waals surface area contributed by atoms with E-state index in [0.29, 0.717) is 28.2 Å². The molecule has 9 heteroatoms. The fourth-order valence-electron chi connectivity index (χ4n) is 2.10. The zero-order valence-corrected chi connectivity index (χ0v) is 17.4. The van der Waals surface area contributed by atoms with Crippen LogP contribution in [0.1, 0.15) is 13.8 Å². The summed E-state index contributed by atoms with van der Waals surface area (Å²) in [5.41, 5.74) is 1.00. The Hall–Kier alpha value is -1.43. The molecule has 0 fully saturated rings. The van der Waals surface area contributed by atoms with Gasteiger partial charge in [0.1, 0.15) is 25.0 Å². The lowest BCUT2D eigenvalue weighted by atomic mass is 10.2. The first-order valence-electron chi connectivity index (χ1n) is 7.37. The summed E-state index contributed by atoms with van der Waals surface area (Å²) in [5.74, 6) is -0.0118. The second-order valence-corrected chi connectivity index (χ2v) is 6.51. The lowest BCUT2D eigenvalue weighted by Crippen LogP contribution is -3.00. The summed E-state index contributed by atoms with van der Waals surface area (Å²) in [7, 11) is 5.94. The highest BCUT2D eigenvalue weighted by atomic mass is 127. The van der Waals surface area contributed by atoms with E-state index in [9.17, 15) is 14.7 Å². The van der Waals surface area contributed by atoms with E-state index < -0.39 is 6.10 Å². The fourth-order valence-corrected chi connectivity index (χ4v) is 2.10. The first-order chi connectivity index (χ1) is 10.6. The van der Waals surface area contributed by atoms with E-state index in [1.807, 2.05) is 21.1 Å². The molecule has 1 aromatic carbocycles. The van der Waals surface area contributed by atoms with Gasteiger partial charge in [-0.05, 0) is 18.2 Å². The summed E-state index contributed by atoms with van der Waals surface area (Å²) in [6, 6.07) is 4.94. The fraction of sp³-hybridized carbons (Fsp3) is 0.500. The molecular formula is C16H28IN3O5. The van der Waals surface area contributed by atoms with Gasteiger partial charge in [0.25, 0.3) is 0 Å². The van der Waals surface area contributed by atoms with Crippen LogP contribution in [-0.2, 0) is 9.59 Å². The van der Waals surface area contributed by atoms with Gasteiger partial charge in [-0.25, -0.2) is 0 Å². The van der Waals surface area contributed by atoms with Crippen LogP contribution in [0, 0.1) is 0 Å². The van der Waals surface area contributed by atoms with E-state index in [0.717, 1.165) is 0 Å². The molecule has 0 radical (unpaired) electrons. The Labute approximate surface area is 165 Å². The highest BCUT2D eigenvalue weighted by Gasteiger charge is 2.17. The van der Waals surface area contributed by atoms with E-state index in [1.54, 1.807) is 18.2 Å². The lowest BCUT2D eigenvalue weighted by Gasteiger charge is -2.26. The van der Waals surface area contributed by atoms with Crippen LogP contribution in [-0.4, -0.2) is 67.3 Å². The molecule has 0 heterocycles. The monoisotopic (exact) mass is 469 g/mol. The van der Waals surface area contributed by atoms with Gasteiger partial charge in [-0.1, -0.05) is 0 Å². The number of halogens is 1. The molecule has 1 aromatic rings. The smallest absolute Gasteiger partial charge is 0.221 e. The Morgan fingerprint density at radius 1 is 1.16 bits per heavy atom. The van der Waals surface area contributed by atoms with Crippen LogP contribution < -0.4 is 39.3 Å². The van der Waals surface area contributed by atoms with Gasteiger partial charge >= 0.3 is 0 Å². The largest absolute Gasteiger partial charge is 1.00 e. The van der Waals surface area contributed by atoms with Crippen molar-refractivity contribution in [2.75, 3.05) is 44.9 Å². The van der Waals surface area contributed by atoms with E-state index >= 15 is 0 Å². The van der Waals surface area contributed by atoms with Crippen molar-refractivity contribution in [3.05, 3.63) is 18.2 Å². The summed E-state index contributed by atoms with van der Waals surface area (Å²) in [6.45, 7) is 3.45. The molecule has 5 N–H and O–H groups in total. The Morgan fingerprint density at radius 2 is 1.72 bits per heavy atom. The molecule has 0 spiro atoms. The van der Waals surface area contributed by atoms with Gasteiger partial charge < -0.3 is 54.4 Å². The second-order valence-electron chi connectivity index (χ2n) is 6.51. The van der Waals surface area contributed by atoms with Crippen LogP contribution in [0.3, 0.4) is 0 Å². The van der Waals surface area contributed by atoms with Crippen molar-refractivity contribution in [1.82, 2.24) is 0 Å². The average molecular weight is 469 g/mol. The molecule has 0 aliphatic heterocycles. The number of aliphatic hydroxyl groups is 1. The molecule has 25 heavy (non-hydrogen) atoms. The van der Waals surface area contributed by atoms with Crippen LogP contribution in [0.5, 0.6) is 5.75 Å². The van der Waals surface area contributed by atoms with Crippen molar-refractivity contribution in [3.8, 4) is 5.75 Å². The summed E-state index contributed by atoms with van der Waals surface area (Å²) in [4.78, 5) is 22.4. The number of anilines is 2. The standard InChI is InChI=1S/C16H25N3O4.HI.H2O/c1-11(20)17-13-6-7-16(15(8-13)18-12(2)21)23-10-14(22)9-19(3,4)5;;/h6-8,14,22H,9-10H2,1-5H3,(H-,17,18,20,21);1H;1H2. The number of quaternary nitrogens is 1. The van der Waals surface area contributed by atoms with Gasteiger partial charge in [-0.3, -0.25) is 9.59 Å². The predicted octanol–water partition coefficient (Wildman–Crippen LogP) is -2.77. The van der Waals surface area contributed by atoms with Crippen LogP contribution in [0.4, 0.5) is 11.4 Å².